The van der Waals surface area contributed by atoms with E-state index < -0.39 is 6.09 Å². The molecule has 1 amide bonds. The molecule has 0 unspecified atom stereocenters. The molecule has 1 N–H and O–H groups in total. The number of likely N-dealkylation sites (tertiary alicyclic amines) is 2. The van der Waals surface area contributed by atoms with E-state index in [1.54, 1.807) is 6.07 Å². The van der Waals surface area contributed by atoms with Crippen LogP contribution in [-0.2, 0) is 6.54 Å². The van der Waals surface area contributed by atoms with E-state index in [1.165, 1.54) is 17.0 Å². The van der Waals surface area contributed by atoms with Crippen LogP contribution in [-0.4, -0.2) is 47.2 Å². The van der Waals surface area contributed by atoms with Crippen molar-refractivity contribution in [3.05, 3.63) is 34.6 Å². The Bertz CT molecular complexity index is 523. The maximum absolute atomic E-state index is 12.9. The van der Waals surface area contributed by atoms with Gasteiger partial charge in [0.15, 0.2) is 0 Å². The van der Waals surface area contributed by atoms with Gasteiger partial charge in [-0.05, 0) is 17.7 Å². The van der Waals surface area contributed by atoms with Gasteiger partial charge in [-0.3, -0.25) is 4.90 Å². The van der Waals surface area contributed by atoms with Gasteiger partial charge < -0.3 is 10.0 Å². The van der Waals surface area contributed by atoms with E-state index in [9.17, 15) is 9.18 Å². The van der Waals surface area contributed by atoms with Crippen molar-refractivity contribution in [3.8, 4) is 0 Å². The Morgan fingerprint density at radius 3 is 2.63 bits per heavy atom. The van der Waals surface area contributed by atoms with Crippen LogP contribution < -0.4 is 0 Å². The van der Waals surface area contributed by atoms with Gasteiger partial charge >= 0.3 is 6.09 Å². The summed E-state index contributed by atoms with van der Waals surface area (Å²) in [5.74, 6) is -0.329. The second kappa shape index (κ2) is 4.35. The lowest BCUT2D eigenvalue weighted by Gasteiger charge is -2.59. The van der Waals surface area contributed by atoms with Gasteiger partial charge in [-0.2, -0.15) is 0 Å². The third-order valence-electron chi connectivity index (χ3n) is 3.85. The molecule has 19 heavy (non-hydrogen) atoms. The lowest BCUT2D eigenvalue weighted by Crippen LogP contribution is -2.72. The molecule has 2 fully saturated rings. The van der Waals surface area contributed by atoms with Crippen LogP contribution in [0.15, 0.2) is 18.2 Å². The molecule has 0 aromatic heterocycles. The molecule has 3 rings (SSSR count). The van der Waals surface area contributed by atoms with Crippen molar-refractivity contribution < 1.29 is 14.3 Å². The number of carboxylic acid groups (broad SMARTS) is 1. The molecule has 2 aliphatic rings. The molecule has 4 nitrogen and oxygen atoms in total. The highest BCUT2D eigenvalue weighted by molar-refractivity contribution is 6.31. The van der Waals surface area contributed by atoms with Crippen molar-refractivity contribution in [2.45, 2.75) is 6.54 Å². The third-order valence-corrected chi connectivity index (χ3v) is 4.20. The Labute approximate surface area is 115 Å². The first kappa shape index (κ1) is 12.7. The first-order chi connectivity index (χ1) is 8.97. The number of halogens is 2. The second-order valence-electron chi connectivity index (χ2n) is 5.52. The minimum Gasteiger partial charge on any atom is -0.465 e. The number of rotatable bonds is 2. The van der Waals surface area contributed by atoms with Crippen molar-refractivity contribution in [2.75, 3.05) is 26.2 Å². The van der Waals surface area contributed by atoms with Gasteiger partial charge in [0, 0.05) is 43.2 Å². The molecule has 6 heteroatoms. The molecule has 102 valence electrons. The van der Waals surface area contributed by atoms with Crippen LogP contribution in [0.1, 0.15) is 5.56 Å². The summed E-state index contributed by atoms with van der Waals surface area (Å²) in [6.45, 7) is 3.69. The van der Waals surface area contributed by atoms with E-state index >= 15 is 0 Å². The maximum Gasteiger partial charge on any atom is 0.407 e. The minimum absolute atomic E-state index is 0.144. The van der Waals surface area contributed by atoms with Crippen molar-refractivity contribution in [2.24, 2.45) is 5.41 Å². The molecule has 0 saturated carbocycles. The van der Waals surface area contributed by atoms with Crippen LogP contribution in [0.4, 0.5) is 9.18 Å². The van der Waals surface area contributed by atoms with E-state index in [2.05, 4.69) is 4.90 Å². The molecule has 0 bridgehead atoms. The Hall–Kier alpha value is -1.33. The van der Waals surface area contributed by atoms with Gasteiger partial charge in [0.05, 0.1) is 0 Å². The fourth-order valence-electron chi connectivity index (χ4n) is 3.00. The summed E-state index contributed by atoms with van der Waals surface area (Å²) in [7, 11) is 0. The molecule has 2 saturated heterocycles. The molecule has 1 spiro atoms. The van der Waals surface area contributed by atoms with Gasteiger partial charge in [0.2, 0.25) is 0 Å². The summed E-state index contributed by atoms with van der Waals surface area (Å²) >= 11 is 5.99. The molecule has 0 atom stereocenters. The largest absolute Gasteiger partial charge is 0.465 e. The van der Waals surface area contributed by atoms with Crippen molar-refractivity contribution >= 4 is 17.7 Å². The molecule has 2 heterocycles. The Morgan fingerprint density at radius 2 is 2.05 bits per heavy atom. The van der Waals surface area contributed by atoms with Crippen LogP contribution in [0.25, 0.3) is 0 Å². The summed E-state index contributed by atoms with van der Waals surface area (Å²) in [5, 5.41) is 9.25. The lowest BCUT2D eigenvalue weighted by atomic mass is 9.73. The molecule has 0 radical (unpaired) electrons. The Kier molecular flexibility index (Phi) is 2.91. The minimum atomic E-state index is -0.842. The van der Waals surface area contributed by atoms with E-state index in [-0.39, 0.29) is 11.2 Å². The van der Waals surface area contributed by atoms with Gasteiger partial charge in [0.25, 0.3) is 0 Å². The summed E-state index contributed by atoms with van der Waals surface area (Å²) in [4.78, 5) is 14.4. The smallest absolute Gasteiger partial charge is 0.407 e. The van der Waals surface area contributed by atoms with Gasteiger partial charge in [-0.15, -0.1) is 0 Å². The van der Waals surface area contributed by atoms with Gasteiger partial charge in [0.1, 0.15) is 5.82 Å². The predicted molar refractivity (Wildman–Crippen MR) is 68.7 cm³/mol. The van der Waals surface area contributed by atoms with Crippen LogP contribution >= 0.6 is 11.6 Å². The molecule has 2 aliphatic heterocycles. The zero-order valence-electron chi connectivity index (χ0n) is 10.3. The first-order valence-electron chi connectivity index (χ1n) is 6.12. The zero-order valence-corrected chi connectivity index (χ0v) is 11.0. The van der Waals surface area contributed by atoms with E-state index in [0.717, 1.165) is 18.7 Å². The van der Waals surface area contributed by atoms with E-state index in [1.807, 2.05) is 0 Å². The highest BCUT2D eigenvalue weighted by Crippen LogP contribution is 2.40. The Morgan fingerprint density at radius 1 is 1.37 bits per heavy atom. The lowest BCUT2D eigenvalue weighted by molar-refractivity contribution is -0.105. The van der Waals surface area contributed by atoms with Crippen molar-refractivity contribution in [1.82, 2.24) is 9.80 Å². The molecular formula is C13H14ClFN2O2. The van der Waals surface area contributed by atoms with Crippen LogP contribution in [0.2, 0.25) is 5.02 Å². The topological polar surface area (TPSA) is 43.8 Å². The van der Waals surface area contributed by atoms with Gasteiger partial charge in [-0.1, -0.05) is 17.7 Å². The molecule has 1 aromatic rings. The second-order valence-corrected chi connectivity index (χ2v) is 5.93. The number of amides is 1. The molecule has 0 aliphatic carbocycles. The molecular weight excluding hydrogens is 271 g/mol. The number of nitrogens with zero attached hydrogens (tertiary/aromatic N) is 2. The number of hydrogen-bond donors (Lipinski definition) is 1. The monoisotopic (exact) mass is 284 g/mol. The number of hydrogen-bond acceptors (Lipinski definition) is 2. The standard InChI is InChI=1S/C13H14ClFN2O2/c14-11-3-10(15)2-1-9(11)4-16-5-13(6-16)7-17(8-13)12(18)19/h1-3H,4-8H2,(H,18,19). The fourth-order valence-corrected chi connectivity index (χ4v) is 3.23. The summed E-state index contributed by atoms with van der Waals surface area (Å²) < 4.78 is 12.9. The average molecular weight is 285 g/mol. The quantitative estimate of drug-likeness (QED) is 0.906. The van der Waals surface area contributed by atoms with Crippen molar-refractivity contribution in [1.29, 1.82) is 0 Å². The maximum atomic E-state index is 12.9. The Balaban J connectivity index is 1.54. The van der Waals surface area contributed by atoms with Crippen molar-refractivity contribution in [3.63, 3.8) is 0 Å². The van der Waals surface area contributed by atoms with Gasteiger partial charge in [-0.25, -0.2) is 9.18 Å². The number of benzene rings is 1. The summed E-state index contributed by atoms with van der Waals surface area (Å²) in [6, 6.07) is 4.43. The molecule has 1 aromatic carbocycles. The third kappa shape index (κ3) is 2.28. The number of carbonyl (C=O) groups is 1. The predicted octanol–water partition coefficient (Wildman–Crippen LogP) is 2.27. The van der Waals surface area contributed by atoms with Crippen LogP contribution in [0.5, 0.6) is 0 Å². The fraction of sp³-hybridized carbons (Fsp3) is 0.462. The van der Waals surface area contributed by atoms with E-state index in [4.69, 9.17) is 16.7 Å². The van der Waals surface area contributed by atoms with Crippen LogP contribution in [0.3, 0.4) is 0 Å². The summed E-state index contributed by atoms with van der Waals surface area (Å²) in [6.07, 6.45) is -0.842. The summed E-state index contributed by atoms with van der Waals surface area (Å²) in [5.41, 5.74) is 1.05. The zero-order chi connectivity index (χ0) is 13.6. The highest BCUT2D eigenvalue weighted by Gasteiger charge is 2.53. The van der Waals surface area contributed by atoms with Crippen LogP contribution in [0, 0.1) is 11.2 Å². The SMILES string of the molecule is O=C(O)N1CC2(CN(Cc3ccc(F)cc3Cl)C2)C1. The first-order valence-corrected chi connectivity index (χ1v) is 6.49. The highest BCUT2D eigenvalue weighted by atomic mass is 35.5. The normalized spacial score (nSPS) is 21.1. The van der Waals surface area contributed by atoms with E-state index in [0.29, 0.717) is 24.7 Å². The average Bonchev–Trinajstić information content (AvgIpc) is 2.21.